The Bertz CT molecular complexity index is 2900. The molecule has 9 rings (SSSR count). The molecule has 0 fully saturated rings. The molecule has 0 aliphatic rings. The number of hydrogen-bond acceptors (Lipinski definition) is 9. The number of carbonyl (C=O) groups is 1. The van der Waals surface area contributed by atoms with Crippen LogP contribution in [0.15, 0.2) is 120 Å². The zero-order chi connectivity index (χ0) is 35.0. The molecule has 4 aromatic heterocycles. The molecule has 5 N–H and O–H groups in total. The molecule has 0 radical (unpaired) electrons. The van der Waals surface area contributed by atoms with E-state index in [2.05, 4.69) is 4.98 Å². The molecule has 0 aliphatic carbocycles. The first-order chi connectivity index (χ1) is 24.7. The second kappa shape index (κ2) is 11.4. The van der Waals surface area contributed by atoms with E-state index in [-0.39, 0.29) is 33.2 Å². The summed E-state index contributed by atoms with van der Waals surface area (Å²) >= 11 is 2.74. The Morgan fingerprint density at radius 1 is 0.725 bits per heavy atom. The van der Waals surface area contributed by atoms with E-state index >= 15 is 0 Å². The molecule has 11 nitrogen and oxygen atoms in total. The Kier molecular flexibility index (Phi) is 6.90. The van der Waals surface area contributed by atoms with Crippen LogP contribution in [0.1, 0.15) is 0 Å². The van der Waals surface area contributed by atoms with Crippen LogP contribution in [-0.4, -0.2) is 44.2 Å². The van der Waals surface area contributed by atoms with Crippen molar-refractivity contribution >= 4 is 92.3 Å². The van der Waals surface area contributed by atoms with E-state index in [1.807, 2.05) is 48.5 Å². The summed E-state index contributed by atoms with van der Waals surface area (Å²) in [5.74, 6) is -0.500. The molecule has 250 valence electrons. The minimum absolute atomic E-state index is 0.0393. The summed E-state index contributed by atoms with van der Waals surface area (Å²) < 4.78 is 33.3. The molecule has 4 heterocycles. The normalized spacial score (nSPS) is 12.0. The Hall–Kier alpha value is -6.22. The second-order valence-electron chi connectivity index (χ2n) is 11.7. The van der Waals surface area contributed by atoms with Gasteiger partial charge in [0.2, 0.25) is 5.88 Å². The number of fused-ring (bicyclic) bond motifs is 4. The fraction of sp³-hybridized carbons (Fsp3) is 0. The largest absolute Gasteiger partial charge is 0.494 e. The first-order valence-electron chi connectivity index (χ1n) is 15.5. The lowest BCUT2D eigenvalue weighted by molar-refractivity contribution is 0.248. The van der Waals surface area contributed by atoms with Crippen LogP contribution >= 0.6 is 22.7 Å². The molecule has 0 atom stereocenters. The quantitative estimate of drug-likeness (QED) is 0.133. The zero-order valence-corrected chi connectivity index (χ0v) is 28.6. The third-order valence-corrected chi connectivity index (χ3v) is 12.6. The molecule has 1 amide bonds. The average molecular weight is 729 g/mol. The highest BCUT2D eigenvalue weighted by molar-refractivity contribution is 7.93. The van der Waals surface area contributed by atoms with Gasteiger partial charge in [-0.25, -0.2) is 32.1 Å². The molecular weight excluding hydrogens is 705 g/mol. The van der Waals surface area contributed by atoms with Gasteiger partial charge in [-0.1, -0.05) is 42.5 Å². The molecular formula is C37H24N6O5S3. The van der Waals surface area contributed by atoms with Gasteiger partial charge in [0, 0.05) is 16.3 Å². The first kappa shape index (κ1) is 30.8. The minimum Gasteiger partial charge on any atom is -0.494 e. The van der Waals surface area contributed by atoms with Crippen molar-refractivity contribution in [3.63, 3.8) is 0 Å². The van der Waals surface area contributed by atoms with Crippen molar-refractivity contribution < 1.29 is 23.4 Å². The number of rotatable bonds is 6. The molecule has 9 aromatic rings. The van der Waals surface area contributed by atoms with Crippen molar-refractivity contribution in [1.29, 1.82) is 0 Å². The SMILES string of the molecule is NC(=O)n1c(O)c(-c2nc3ccccc3s2)c2cc(N(c3ccc4[nH]c(O)c(-c5nc6ccccc6s5)c4c3)S(=O)(=O)c3ccccc3)ccc21. The summed E-state index contributed by atoms with van der Waals surface area (Å²) in [6.07, 6.45) is 0. The van der Waals surface area contributed by atoms with E-state index in [0.29, 0.717) is 37.4 Å². The number of thiazole rings is 2. The van der Waals surface area contributed by atoms with Gasteiger partial charge in [-0.3, -0.25) is 0 Å². The number of primary amides is 1. The van der Waals surface area contributed by atoms with Crippen LogP contribution in [0, 0.1) is 0 Å². The number of carbonyl (C=O) groups excluding carboxylic acids is 1. The molecule has 0 saturated heterocycles. The average Bonchev–Trinajstić information content (AvgIpc) is 3.88. The number of hydrogen-bond donors (Lipinski definition) is 4. The maximum Gasteiger partial charge on any atom is 0.326 e. The van der Waals surface area contributed by atoms with Crippen LogP contribution in [0.2, 0.25) is 0 Å². The molecule has 0 aliphatic heterocycles. The summed E-state index contributed by atoms with van der Waals surface area (Å²) in [6.45, 7) is 0. The molecule has 14 heteroatoms. The van der Waals surface area contributed by atoms with E-state index in [1.165, 1.54) is 39.1 Å². The Morgan fingerprint density at radius 2 is 1.29 bits per heavy atom. The topological polar surface area (TPSA) is 167 Å². The number of anilines is 2. The third-order valence-electron chi connectivity index (χ3n) is 8.67. The van der Waals surface area contributed by atoms with Gasteiger partial charge >= 0.3 is 6.03 Å². The minimum atomic E-state index is -4.28. The number of aromatic amines is 1. The molecule has 0 spiro atoms. The highest BCUT2D eigenvalue weighted by Crippen LogP contribution is 2.46. The Morgan fingerprint density at radius 3 is 1.92 bits per heavy atom. The van der Waals surface area contributed by atoms with Crippen molar-refractivity contribution in [3.8, 4) is 32.9 Å². The van der Waals surface area contributed by atoms with E-state index in [0.717, 1.165) is 19.5 Å². The molecule has 0 bridgehead atoms. The van der Waals surface area contributed by atoms with Crippen LogP contribution in [0.5, 0.6) is 11.8 Å². The summed E-state index contributed by atoms with van der Waals surface area (Å²) in [6, 6.07) is 32.0. The summed E-state index contributed by atoms with van der Waals surface area (Å²) in [4.78, 5) is 25.1. The van der Waals surface area contributed by atoms with Crippen LogP contribution in [-0.2, 0) is 10.0 Å². The number of nitrogens with zero attached hydrogens (tertiary/aromatic N) is 4. The van der Waals surface area contributed by atoms with Gasteiger partial charge in [-0.15, -0.1) is 22.7 Å². The maximum absolute atomic E-state index is 14.7. The second-order valence-corrected chi connectivity index (χ2v) is 15.6. The van der Waals surface area contributed by atoms with Crippen LogP contribution in [0.3, 0.4) is 0 Å². The van der Waals surface area contributed by atoms with Crippen molar-refractivity contribution in [2.45, 2.75) is 4.90 Å². The van der Waals surface area contributed by atoms with Crippen molar-refractivity contribution in [2.75, 3.05) is 4.31 Å². The van der Waals surface area contributed by atoms with Crippen molar-refractivity contribution in [1.82, 2.24) is 19.5 Å². The van der Waals surface area contributed by atoms with E-state index in [9.17, 15) is 23.4 Å². The van der Waals surface area contributed by atoms with Gasteiger partial charge in [-0.05, 0) is 72.8 Å². The van der Waals surface area contributed by atoms with Crippen LogP contribution < -0.4 is 10.0 Å². The summed E-state index contributed by atoms with van der Waals surface area (Å²) in [5, 5.41) is 24.4. The number of nitrogens with one attached hydrogen (secondary N) is 1. The molecule has 51 heavy (non-hydrogen) atoms. The smallest absolute Gasteiger partial charge is 0.326 e. The molecule has 0 saturated carbocycles. The van der Waals surface area contributed by atoms with E-state index in [4.69, 9.17) is 15.7 Å². The lowest BCUT2D eigenvalue weighted by atomic mass is 10.1. The molecule has 0 unspecified atom stereocenters. The predicted molar refractivity (Wildman–Crippen MR) is 202 cm³/mol. The molecule has 5 aromatic carbocycles. The van der Waals surface area contributed by atoms with Crippen molar-refractivity contribution in [3.05, 3.63) is 115 Å². The van der Waals surface area contributed by atoms with Gasteiger partial charge < -0.3 is 20.9 Å². The number of aromatic hydroxyl groups is 2. The number of para-hydroxylation sites is 2. The third kappa shape index (κ3) is 4.83. The van der Waals surface area contributed by atoms with Gasteiger partial charge in [0.25, 0.3) is 10.0 Å². The van der Waals surface area contributed by atoms with Gasteiger partial charge in [0.1, 0.15) is 10.0 Å². The number of H-pyrrole nitrogens is 1. The van der Waals surface area contributed by atoms with E-state index in [1.54, 1.807) is 54.6 Å². The van der Waals surface area contributed by atoms with Gasteiger partial charge in [0.05, 0.1) is 53.3 Å². The van der Waals surface area contributed by atoms with Crippen LogP contribution in [0.4, 0.5) is 16.2 Å². The summed E-state index contributed by atoms with van der Waals surface area (Å²) in [5.41, 5.74) is 9.25. The standard InChI is InChI=1S/C37H24N6O5S3/c38-37(46)42-28-17-15-21(19-24(28)32(36(42)45)35-41-27-11-5-7-13-30(27)50-35)43(51(47,48)22-8-2-1-3-9-22)20-14-16-25-23(18-20)31(33(44)39-25)34-40-26-10-4-6-12-29(26)49-34/h1-19,39,44-45H,(H2,38,46). The van der Waals surface area contributed by atoms with E-state index < -0.39 is 21.9 Å². The predicted octanol–water partition coefficient (Wildman–Crippen LogP) is 8.54. The lowest BCUT2D eigenvalue weighted by Crippen LogP contribution is -2.26. The van der Waals surface area contributed by atoms with Gasteiger partial charge in [0.15, 0.2) is 5.88 Å². The number of benzene rings is 5. The van der Waals surface area contributed by atoms with Crippen molar-refractivity contribution in [2.24, 2.45) is 5.73 Å². The monoisotopic (exact) mass is 728 g/mol. The number of sulfonamides is 1. The number of nitrogens with two attached hydrogens (primary N) is 1. The first-order valence-corrected chi connectivity index (χ1v) is 18.6. The highest BCUT2D eigenvalue weighted by atomic mass is 32.2. The summed E-state index contributed by atoms with van der Waals surface area (Å²) in [7, 11) is -4.28. The number of aromatic nitrogens is 4. The van der Waals surface area contributed by atoms with Gasteiger partial charge in [-0.2, -0.15) is 0 Å². The highest BCUT2D eigenvalue weighted by Gasteiger charge is 2.30. The number of amides is 1. The fourth-order valence-corrected chi connectivity index (χ4v) is 9.96. The fourth-order valence-electron chi connectivity index (χ4n) is 6.42. The Labute approximate surface area is 297 Å². The lowest BCUT2D eigenvalue weighted by Gasteiger charge is -2.25. The van der Waals surface area contributed by atoms with Crippen LogP contribution in [0.25, 0.3) is 63.4 Å². The maximum atomic E-state index is 14.7. The Balaban J connectivity index is 1.29. The zero-order valence-electron chi connectivity index (χ0n) is 26.2.